The topological polar surface area (TPSA) is 60.2 Å². The summed E-state index contributed by atoms with van der Waals surface area (Å²) in [4.78, 5) is 15.0. The van der Waals surface area contributed by atoms with Crippen LogP contribution in [0.5, 0.6) is 5.75 Å². The Morgan fingerprint density at radius 2 is 2.26 bits per heavy atom. The molecule has 6 heteroatoms. The SMILES string of the molecule is CC(C)Cc1cn(C[C@H]2CCCN(C(=O)c3ccc4c(c3)CCO4)C2)nn1. The molecule has 1 amide bonds. The van der Waals surface area contributed by atoms with Crippen LogP contribution >= 0.6 is 0 Å². The molecule has 0 unspecified atom stereocenters. The van der Waals surface area contributed by atoms with Crippen LogP contribution in [0.1, 0.15) is 48.3 Å². The zero-order valence-corrected chi connectivity index (χ0v) is 16.2. The maximum Gasteiger partial charge on any atom is 0.253 e. The van der Waals surface area contributed by atoms with Crippen LogP contribution in [0.25, 0.3) is 0 Å². The fourth-order valence-electron chi connectivity index (χ4n) is 4.10. The number of likely N-dealkylation sites (tertiary alicyclic amines) is 1. The quantitative estimate of drug-likeness (QED) is 0.814. The van der Waals surface area contributed by atoms with Gasteiger partial charge in [-0.05, 0) is 54.9 Å². The third-order valence-electron chi connectivity index (χ3n) is 5.39. The molecule has 0 N–H and O–H groups in total. The predicted octanol–water partition coefficient (Wildman–Crippen LogP) is 2.96. The Morgan fingerprint density at radius 3 is 3.11 bits per heavy atom. The molecule has 0 bridgehead atoms. The molecular formula is C21H28N4O2. The smallest absolute Gasteiger partial charge is 0.253 e. The highest BCUT2D eigenvalue weighted by molar-refractivity contribution is 5.94. The summed E-state index contributed by atoms with van der Waals surface area (Å²) in [6.07, 6.45) is 6.07. The first-order valence-corrected chi connectivity index (χ1v) is 10.0. The fraction of sp³-hybridized carbons (Fsp3) is 0.571. The summed E-state index contributed by atoms with van der Waals surface area (Å²) in [5.41, 5.74) is 2.98. The van der Waals surface area contributed by atoms with Gasteiger partial charge in [-0.1, -0.05) is 19.1 Å². The standard InChI is InChI=1S/C21H28N4O2/c1-15(2)10-19-14-25(23-22-19)13-16-4-3-8-24(12-16)21(26)18-5-6-20-17(11-18)7-9-27-20/h5-6,11,14-16H,3-4,7-10,12-13H2,1-2H3/t16-/m0/s1. The van der Waals surface area contributed by atoms with E-state index in [1.165, 1.54) is 0 Å². The molecule has 0 saturated carbocycles. The zero-order chi connectivity index (χ0) is 18.8. The van der Waals surface area contributed by atoms with Crippen LogP contribution < -0.4 is 4.74 Å². The van der Waals surface area contributed by atoms with E-state index in [0.717, 1.165) is 74.5 Å². The van der Waals surface area contributed by atoms with E-state index < -0.39 is 0 Å². The molecule has 0 aliphatic carbocycles. The summed E-state index contributed by atoms with van der Waals surface area (Å²) in [5.74, 6) is 2.06. The highest BCUT2D eigenvalue weighted by Crippen LogP contribution is 2.27. The first-order chi connectivity index (χ1) is 13.1. The van der Waals surface area contributed by atoms with E-state index in [1.54, 1.807) is 0 Å². The average Bonchev–Trinajstić information content (AvgIpc) is 3.29. The zero-order valence-electron chi connectivity index (χ0n) is 16.2. The normalized spacial score (nSPS) is 19.2. The molecule has 2 aliphatic rings. The van der Waals surface area contributed by atoms with E-state index in [-0.39, 0.29) is 5.91 Å². The minimum Gasteiger partial charge on any atom is -0.493 e. The van der Waals surface area contributed by atoms with Crippen LogP contribution in [-0.4, -0.2) is 45.5 Å². The number of aromatic nitrogens is 3. The summed E-state index contributed by atoms with van der Waals surface area (Å²) in [6.45, 7) is 7.54. The van der Waals surface area contributed by atoms with Crippen molar-refractivity contribution in [3.05, 3.63) is 41.2 Å². The number of hydrogen-bond acceptors (Lipinski definition) is 4. The molecular weight excluding hydrogens is 340 g/mol. The van der Waals surface area contributed by atoms with Crippen LogP contribution in [0.3, 0.4) is 0 Å². The van der Waals surface area contributed by atoms with Crippen molar-refractivity contribution in [3.8, 4) is 5.75 Å². The molecule has 2 aliphatic heterocycles. The van der Waals surface area contributed by atoms with Crippen LogP contribution in [0.2, 0.25) is 0 Å². The van der Waals surface area contributed by atoms with Gasteiger partial charge in [0.2, 0.25) is 0 Å². The second-order valence-corrected chi connectivity index (χ2v) is 8.21. The number of piperidine rings is 1. The van der Waals surface area contributed by atoms with Gasteiger partial charge in [0.05, 0.1) is 12.3 Å². The van der Waals surface area contributed by atoms with Crippen molar-refractivity contribution in [2.24, 2.45) is 11.8 Å². The van der Waals surface area contributed by atoms with E-state index in [1.807, 2.05) is 27.8 Å². The van der Waals surface area contributed by atoms with Gasteiger partial charge in [-0.2, -0.15) is 0 Å². The lowest BCUT2D eigenvalue weighted by atomic mass is 9.97. The van der Waals surface area contributed by atoms with Crippen molar-refractivity contribution < 1.29 is 9.53 Å². The van der Waals surface area contributed by atoms with E-state index in [9.17, 15) is 4.79 Å². The van der Waals surface area contributed by atoms with Crippen molar-refractivity contribution in [2.45, 2.75) is 46.1 Å². The number of amides is 1. The largest absolute Gasteiger partial charge is 0.493 e. The van der Waals surface area contributed by atoms with Gasteiger partial charge in [0.25, 0.3) is 5.91 Å². The van der Waals surface area contributed by atoms with Gasteiger partial charge in [-0.3, -0.25) is 9.48 Å². The molecule has 3 heterocycles. The minimum absolute atomic E-state index is 0.133. The number of ether oxygens (including phenoxy) is 1. The van der Waals surface area contributed by atoms with Gasteiger partial charge in [0, 0.05) is 37.8 Å². The molecule has 1 aromatic carbocycles. The average molecular weight is 368 g/mol. The van der Waals surface area contributed by atoms with E-state index in [0.29, 0.717) is 11.8 Å². The Labute approximate surface area is 160 Å². The number of fused-ring (bicyclic) bond motifs is 1. The lowest BCUT2D eigenvalue weighted by Crippen LogP contribution is -2.41. The number of carbonyl (C=O) groups excluding carboxylic acids is 1. The lowest BCUT2D eigenvalue weighted by Gasteiger charge is -2.32. The molecule has 0 radical (unpaired) electrons. The molecule has 1 aromatic heterocycles. The molecule has 2 aromatic rings. The third-order valence-corrected chi connectivity index (χ3v) is 5.39. The first-order valence-electron chi connectivity index (χ1n) is 10.0. The molecule has 1 atom stereocenters. The monoisotopic (exact) mass is 368 g/mol. The van der Waals surface area contributed by atoms with Crippen LogP contribution in [0, 0.1) is 11.8 Å². The van der Waals surface area contributed by atoms with Crippen molar-refractivity contribution in [2.75, 3.05) is 19.7 Å². The minimum atomic E-state index is 0.133. The first kappa shape index (κ1) is 18.0. The van der Waals surface area contributed by atoms with E-state index in [2.05, 4.69) is 30.4 Å². The van der Waals surface area contributed by atoms with E-state index >= 15 is 0 Å². The van der Waals surface area contributed by atoms with Gasteiger partial charge in [0.1, 0.15) is 5.75 Å². The van der Waals surface area contributed by atoms with Crippen LogP contribution in [-0.2, 0) is 19.4 Å². The van der Waals surface area contributed by atoms with Gasteiger partial charge in [0.15, 0.2) is 0 Å². The van der Waals surface area contributed by atoms with Gasteiger partial charge in [-0.15, -0.1) is 5.10 Å². The van der Waals surface area contributed by atoms with Crippen molar-refractivity contribution in [1.82, 2.24) is 19.9 Å². The third kappa shape index (κ3) is 4.15. The van der Waals surface area contributed by atoms with Crippen molar-refractivity contribution in [3.63, 3.8) is 0 Å². The Kier molecular flexibility index (Phi) is 5.14. The summed E-state index contributed by atoms with van der Waals surface area (Å²) in [6, 6.07) is 5.83. The second kappa shape index (κ2) is 7.71. The maximum absolute atomic E-state index is 13.0. The van der Waals surface area contributed by atoms with Crippen LogP contribution in [0.15, 0.2) is 24.4 Å². The Bertz CT molecular complexity index is 814. The van der Waals surface area contributed by atoms with Gasteiger partial charge in [-0.25, -0.2) is 0 Å². The molecule has 27 heavy (non-hydrogen) atoms. The van der Waals surface area contributed by atoms with Crippen molar-refractivity contribution >= 4 is 5.91 Å². The summed E-state index contributed by atoms with van der Waals surface area (Å²) < 4.78 is 7.49. The molecule has 0 spiro atoms. The Morgan fingerprint density at radius 1 is 1.37 bits per heavy atom. The molecule has 4 rings (SSSR count). The fourth-order valence-corrected chi connectivity index (χ4v) is 4.10. The highest BCUT2D eigenvalue weighted by atomic mass is 16.5. The van der Waals surface area contributed by atoms with Crippen molar-refractivity contribution in [1.29, 1.82) is 0 Å². The molecule has 1 fully saturated rings. The number of rotatable bonds is 5. The Hall–Kier alpha value is -2.37. The second-order valence-electron chi connectivity index (χ2n) is 8.21. The van der Waals surface area contributed by atoms with Gasteiger partial charge < -0.3 is 9.64 Å². The molecule has 1 saturated heterocycles. The summed E-state index contributed by atoms with van der Waals surface area (Å²) >= 11 is 0. The van der Waals surface area contributed by atoms with E-state index in [4.69, 9.17) is 4.74 Å². The van der Waals surface area contributed by atoms with Crippen LogP contribution in [0.4, 0.5) is 0 Å². The molecule has 6 nitrogen and oxygen atoms in total. The number of hydrogen-bond donors (Lipinski definition) is 0. The number of nitrogens with zero attached hydrogens (tertiary/aromatic N) is 4. The Balaban J connectivity index is 1.39. The highest BCUT2D eigenvalue weighted by Gasteiger charge is 2.26. The summed E-state index contributed by atoms with van der Waals surface area (Å²) in [7, 11) is 0. The number of benzene rings is 1. The molecule has 144 valence electrons. The van der Waals surface area contributed by atoms with Gasteiger partial charge >= 0.3 is 0 Å². The lowest BCUT2D eigenvalue weighted by molar-refractivity contribution is 0.0659. The maximum atomic E-state index is 13.0. The predicted molar refractivity (Wildman–Crippen MR) is 103 cm³/mol. The number of carbonyl (C=O) groups is 1. The summed E-state index contributed by atoms with van der Waals surface area (Å²) in [5, 5.41) is 8.56.